The Hall–Kier alpha value is -1.36. The maximum absolute atomic E-state index is 4.34. The van der Waals surface area contributed by atoms with Gasteiger partial charge in [0, 0.05) is 19.8 Å². The molecule has 1 aliphatic heterocycles. The van der Waals surface area contributed by atoms with Gasteiger partial charge in [-0.15, -0.1) is 0 Å². The second-order valence-electron chi connectivity index (χ2n) is 4.98. The topological polar surface area (TPSA) is 53.1 Å². The monoisotopic (exact) mass is 249 g/mol. The minimum atomic E-state index is 0.666. The van der Waals surface area contributed by atoms with E-state index in [1.807, 2.05) is 13.1 Å². The lowest BCUT2D eigenvalue weighted by Crippen LogP contribution is -2.30. The first-order valence-electron chi connectivity index (χ1n) is 6.71. The first kappa shape index (κ1) is 13.1. The van der Waals surface area contributed by atoms with Crippen LogP contribution in [0.2, 0.25) is 0 Å². The molecule has 0 unspecified atom stereocenters. The molecule has 0 radical (unpaired) electrons. The lowest BCUT2D eigenvalue weighted by molar-refractivity contribution is 0.215. The average Bonchev–Trinajstić information content (AvgIpc) is 2.41. The first-order chi connectivity index (χ1) is 8.78. The van der Waals surface area contributed by atoms with Crippen LogP contribution in [0.15, 0.2) is 12.3 Å². The maximum Gasteiger partial charge on any atom is 0.224 e. The number of hydrogen-bond acceptors (Lipinski definition) is 5. The minimum absolute atomic E-state index is 0.666. The summed E-state index contributed by atoms with van der Waals surface area (Å²) in [6, 6.07) is 1.91. The summed E-state index contributed by atoms with van der Waals surface area (Å²) in [6.07, 6.45) is 5.65. The van der Waals surface area contributed by atoms with Crippen molar-refractivity contribution >= 4 is 11.8 Å². The SMILES string of the molecule is CNc1nccc(NCCC2CCN(C)CC2)n1. The molecule has 1 aromatic heterocycles. The highest BCUT2D eigenvalue weighted by Crippen LogP contribution is 2.19. The molecule has 0 amide bonds. The fraction of sp³-hybridized carbons (Fsp3) is 0.692. The predicted octanol–water partition coefficient (Wildman–Crippen LogP) is 1.66. The lowest BCUT2D eigenvalue weighted by Gasteiger charge is -2.28. The van der Waals surface area contributed by atoms with E-state index >= 15 is 0 Å². The van der Waals surface area contributed by atoms with Crippen LogP contribution in [0.4, 0.5) is 11.8 Å². The van der Waals surface area contributed by atoms with Gasteiger partial charge < -0.3 is 15.5 Å². The van der Waals surface area contributed by atoms with E-state index in [1.54, 1.807) is 6.20 Å². The van der Waals surface area contributed by atoms with E-state index in [-0.39, 0.29) is 0 Å². The number of aromatic nitrogens is 2. The first-order valence-corrected chi connectivity index (χ1v) is 6.71. The van der Waals surface area contributed by atoms with Crippen LogP contribution in [0.1, 0.15) is 19.3 Å². The fourth-order valence-corrected chi connectivity index (χ4v) is 2.33. The van der Waals surface area contributed by atoms with E-state index in [2.05, 4.69) is 32.5 Å². The molecule has 0 saturated carbocycles. The molecule has 5 heteroatoms. The van der Waals surface area contributed by atoms with E-state index < -0.39 is 0 Å². The number of anilines is 2. The lowest BCUT2D eigenvalue weighted by atomic mass is 9.94. The van der Waals surface area contributed by atoms with Crippen molar-refractivity contribution in [2.45, 2.75) is 19.3 Å². The summed E-state index contributed by atoms with van der Waals surface area (Å²) in [5.41, 5.74) is 0. The van der Waals surface area contributed by atoms with Crippen LogP contribution in [0.5, 0.6) is 0 Å². The Morgan fingerprint density at radius 3 is 2.89 bits per heavy atom. The molecule has 2 N–H and O–H groups in total. The van der Waals surface area contributed by atoms with E-state index in [9.17, 15) is 0 Å². The zero-order valence-electron chi connectivity index (χ0n) is 11.3. The van der Waals surface area contributed by atoms with Crippen molar-refractivity contribution in [2.24, 2.45) is 5.92 Å². The molecular weight excluding hydrogens is 226 g/mol. The normalized spacial score (nSPS) is 17.7. The van der Waals surface area contributed by atoms with Crippen LogP contribution in [-0.4, -0.2) is 48.6 Å². The predicted molar refractivity (Wildman–Crippen MR) is 74.9 cm³/mol. The number of hydrogen-bond donors (Lipinski definition) is 2. The van der Waals surface area contributed by atoms with Crippen molar-refractivity contribution in [3.63, 3.8) is 0 Å². The van der Waals surface area contributed by atoms with Crippen LogP contribution < -0.4 is 10.6 Å². The Balaban J connectivity index is 1.71. The Morgan fingerprint density at radius 2 is 2.17 bits per heavy atom. The largest absolute Gasteiger partial charge is 0.370 e. The van der Waals surface area contributed by atoms with Crippen molar-refractivity contribution in [3.8, 4) is 0 Å². The maximum atomic E-state index is 4.34. The van der Waals surface area contributed by atoms with E-state index in [0.29, 0.717) is 5.95 Å². The van der Waals surface area contributed by atoms with E-state index in [1.165, 1.54) is 32.4 Å². The second-order valence-corrected chi connectivity index (χ2v) is 4.98. The highest BCUT2D eigenvalue weighted by atomic mass is 15.1. The fourth-order valence-electron chi connectivity index (χ4n) is 2.33. The summed E-state index contributed by atoms with van der Waals surface area (Å²) in [4.78, 5) is 10.9. The van der Waals surface area contributed by atoms with Gasteiger partial charge in [-0.25, -0.2) is 4.98 Å². The number of nitrogens with zero attached hydrogens (tertiary/aromatic N) is 3. The number of piperidine rings is 1. The van der Waals surface area contributed by atoms with Gasteiger partial charge in [-0.1, -0.05) is 0 Å². The number of rotatable bonds is 5. The van der Waals surface area contributed by atoms with Gasteiger partial charge in [0.1, 0.15) is 5.82 Å². The molecule has 0 spiro atoms. The Morgan fingerprint density at radius 1 is 1.39 bits per heavy atom. The third-order valence-corrected chi connectivity index (χ3v) is 3.58. The van der Waals surface area contributed by atoms with E-state index in [4.69, 9.17) is 0 Å². The second kappa shape index (κ2) is 6.54. The summed E-state index contributed by atoms with van der Waals surface area (Å²) in [5.74, 6) is 2.43. The molecule has 5 nitrogen and oxygen atoms in total. The summed E-state index contributed by atoms with van der Waals surface area (Å²) in [7, 11) is 4.03. The van der Waals surface area contributed by atoms with Gasteiger partial charge in [-0.3, -0.25) is 0 Å². The van der Waals surface area contributed by atoms with Gasteiger partial charge in [0.2, 0.25) is 5.95 Å². The molecule has 0 bridgehead atoms. The van der Waals surface area contributed by atoms with Gasteiger partial charge >= 0.3 is 0 Å². The van der Waals surface area contributed by atoms with Crippen molar-refractivity contribution in [2.75, 3.05) is 44.4 Å². The molecule has 0 atom stereocenters. The van der Waals surface area contributed by atoms with Crippen molar-refractivity contribution < 1.29 is 0 Å². The van der Waals surface area contributed by atoms with Gasteiger partial charge in [-0.05, 0) is 51.4 Å². The molecule has 18 heavy (non-hydrogen) atoms. The highest BCUT2D eigenvalue weighted by molar-refractivity contribution is 5.38. The third-order valence-electron chi connectivity index (χ3n) is 3.58. The molecule has 2 heterocycles. The zero-order chi connectivity index (χ0) is 12.8. The Bertz CT molecular complexity index is 360. The smallest absolute Gasteiger partial charge is 0.224 e. The van der Waals surface area contributed by atoms with Crippen molar-refractivity contribution in [1.29, 1.82) is 0 Å². The Kier molecular flexibility index (Phi) is 4.75. The molecule has 0 aromatic carbocycles. The summed E-state index contributed by atoms with van der Waals surface area (Å²) in [5, 5.41) is 6.32. The molecule has 1 aliphatic rings. The zero-order valence-corrected chi connectivity index (χ0v) is 11.3. The van der Waals surface area contributed by atoms with Crippen molar-refractivity contribution in [1.82, 2.24) is 14.9 Å². The van der Waals surface area contributed by atoms with Crippen molar-refractivity contribution in [3.05, 3.63) is 12.3 Å². The van der Waals surface area contributed by atoms with Gasteiger partial charge in [0.15, 0.2) is 0 Å². The standard InChI is InChI=1S/C13H23N5/c1-14-13-16-8-4-12(17-13)15-7-3-11-5-9-18(2)10-6-11/h4,8,11H,3,5-7,9-10H2,1-2H3,(H2,14,15,16,17). The quantitative estimate of drug-likeness (QED) is 0.831. The third kappa shape index (κ3) is 3.84. The van der Waals surface area contributed by atoms with Crippen LogP contribution >= 0.6 is 0 Å². The molecule has 100 valence electrons. The van der Waals surface area contributed by atoms with Gasteiger partial charge in [-0.2, -0.15) is 4.98 Å². The summed E-state index contributed by atoms with van der Waals surface area (Å²) in [6.45, 7) is 3.47. The molecular formula is C13H23N5. The molecule has 1 fully saturated rings. The van der Waals surface area contributed by atoms with Crippen LogP contribution in [0.25, 0.3) is 0 Å². The summed E-state index contributed by atoms with van der Waals surface area (Å²) < 4.78 is 0. The van der Waals surface area contributed by atoms with Crippen LogP contribution in [0, 0.1) is 5.92 Å². The van der Waals surface area contributed by atoms with Crippen LogP contribution in [-0.2, 0) is 0 Å². The molecule has 1 saturated heterocycles. The molecule has 1 aromatic rings. The van der Waals surface area contributed by atoms with E-state index in [0.717, 1.165) is 18.3 Å². The minimum Gasteiger partial charge on any atom is -0.370 e. The number of likely N-dealkylation sites (tertiary alicyclic amines) is 1. The molecule has 2 rings (SSSR count). The van der Waals surface area contributed by atoms with Gasteiger partial charge in [0.05, 0.1) is 0 Å². The summed E-state index contributed by atoms with van der Waals surface area (Å²) >= 11 is 0. The Labute approximate surface area is 109 Å². The number of nitrogens with one attached hydrogen (secondary N) is 2. The molecule has 0 aliphatic carbocycles. The van der Waals surface area contributed by atoms with Gasteiger partial charge in [0.25, 0.3) is 0 Å². The average molecular weight is 249 g/mol. The highest BCUT2D eigenvalue weighted by Gasteiger charge is 2.15. The van der Waals surface area contributed by atoms with Crippen LogP contribution in [0.3, 0.4) is 0 Å².